The Morgan fingerprint density at radius 1 is 1.39 bits per heavy atom. The van der Waals surface area contributed by atoms with Crippen molar-refractivity contribution in [2.24, 2.45) is 5.73 Å². The monoisotopic (exact) mass is 246 g/mol. The molecule has 1 aromatic rings. The summed E-state index contributed by atoms with van der Waals surface area (Å²) in [6.45, 7) is 3.90. The van der Waals surface area contributed by atoms with Crippen LogP contribution in [0.15, 0.2) is 24.3 Å². The van der Waals surface area contributed by atoms with Gasteiger partial charge in [0.05, 0.1) is 6.04 Å². The van der Waals surface area contributed by atoms with Gasteiger partial charge in [0.2, 0.25) is 0 Å². The Kier molecular flexibility index (Phi) is 2.83. The molecule has 2 aliphatic rings. The van der Waals surface area contributed by atoms with Crippen LogP contribution in [0.2, 0.25) is 0 Å². The molecule has 2 heterocycles. The number of piperazine rings is 1. The van der Waals surface area contributed by atoms with Crippen LogP contribution in [0.5, 0.6) is 0 Å². The molecule has 2 amide bonds. The first-order valence-electron chi connectivity index (χ1n) is 6.36. The van der Waals surface area contributed by atoms with Crippen molar-refractivity contribution in [1.29, 1.82) is 0 Å². The second kappa shape index (κ2) is 4.49. The molecule has 0 bridgehead atoms. The van der Waals surface area contributed by atoms with Crippen molar-refractivity contribution in [3.63, 3.8) is 0 Å². The first-order chi connectivity index (χ1) is 8.78. The average molecular weight is 246 g/mol. The molecule has 2 fully saturated rings. The molecule has 5 heteroatoms. The van der Waals surface area contributed by atoms with Gasteiger partial charge in [-0.2, -0.15) is 0 Å². The fraction of sp³-hybridized carbons (Fsp3) is 0.462. The van der Waals surface area contributed by atoms with E-state index in [1.165, 1.54) is 5.69 Å². The van der Waals surface area contributed by atoms with Crippen LogP contribution in [0.1, 0.15) is 5.56 Å². The average Bonchev–Trinajstić information content (AvgIpc) is 2.80. The minimum atomic E-state index is 0.0790. The molecule has 0 radical (unpaired) electrons. The number of rotatable bonds is 2. The molecule has 0 spiro atoms. The second-order valence-electron chi connectivity index (χ2n) is 4.85. The summed E-state index contributed by atoms with van der Waals surface area (Å²) in [6, 6.07) is 8.71. The number of carbonyl (C=O) groups is 1. The van der Waals surface area contributed by atoms with Crippen LogP contribution in [0.25, 0.3) is 0 Å². The van der Waals surface area contributed by atoms with E-state index in [0.29, 0.717) is 12.6 Å². The van der Waals surface area contributed by atoms with Crippen LogP contribution in [-0.4, -0.2) is 43.2 Å². The highest BCUT2D eigenvalue weighted by molar-refractivity contribution is 5.77. The van der Waals surface area contributed by atoms with Crippen molar-refractivity contribution in [3.8, 4) is 0 Å². The minimum Gasteiger partial charge on any atom is -0.368 e. The zero-order valence-electron chi connectivity index (χ0n) is 10.3. The Labute approximate surface area is 107 Å². The Balaban J connectivity index is 1.76. The number of hydrogen-bond acceptors (Lipinski definition) is 3. The lowest BCUT2D eigenvalue weighted by Crippen LogP contribution is -2.52. The number of nitrogens with two attached hydrogens (primary N) is 1. The highest BCUT2D eigenvalue weighted by Crippen LogP contribution is 2.22. The molecule has 96 valence electrons. The minimum absolute atomic E-state index is 0.0790. The fourth-order valence-corrected chi connectivity index (χ4v) is 2.72. The molecule has 0 aliphatic carbocycles. The lowest BCUT2D eigenvalue weighted by molar-refractivity contribution is 0.197. The van der Waals surface area contributed by atoms with Gasteiger partial charge >= 0.3 is 6.03 Å². The van der Waals surface area contributed by atoms with Gasteiger partial charge in [0.15, 0.2) is 0 Å². The maximum atomic E-state index is 11.5. The van der Waals surface area contributed by atoms with Crippen molar-refractivity contribution in [2.45, 2.75) is 12.6 Å². The van der Waals surface area contributed by atoms with E-state index in [4.69, 9.17) is 5.73 Å². The summed E-state index contributed by atoms with van der Waals surface area (Å²) >= 11 is 0. The summed E-state index contributed by atoms with van der Waals surface area (Å²) in [5.74, 6) is 0. The Hall–Kier alpha value is -1.75. The fourth-order valence-electron chi connectivity index (χ4n) is 2.72. The first-order valence-corrected chi connectivity index (χ1v) is 6.36. The summed E-state index contributed by atoms with van der Waals surface area (Å²) in [4.78, 5) is 15.8. The molecule has 1 aromatic carbocycles. The predicted octanol–water partition coefficient (Wildman–Crippen LogP) is 0.359. The largest absolute Gasteiger partial charge is 0.368 e. The molecule has 5 nitrogen and oxygen atoms in total. The number of amides is 2. The number of urea groups is 1. The second-order valence-corrected chi connectivity index (χ2v) is 4.85. The standard InChI is InChI=1S/C13H18N4O/c14-7-10-2-1-3-11(6-10)16-4-5-17-12(9-16)8-15-13(17)18/h1-3,6,12H,4-5,7-9,14H2,(H,15,18). The maximum Gasteiger partial charge on any atom is 0.317 e. The van der Waals surface area contributed by atoms with E-state index < -0.39 is 0 Å². The topological polar surface area (TPSA) is 61.6 Å². The van der Waals surface area contributed by atoms with E-state index in [9.17, 15) is 4.79 Å². The third kappa shape index (κ3) is 1.90. The van der Waals surface area contributed by atoms with Gasteiger partial charge in [-0.1, -0.05) is 12.1 Å². The van der Waals surface area contributed by atoms with E-state index >= 15 is 0 Å². The van der Waals surface area contributed by atoms with Gasteiger partial charge in [0.25, 0.3) is 0 Å². The van der Waals surface area contributed by atoms with E-state index in [2.05, 4.69) is 22.3 Å². The smallest absolute Gasteiger partial charge is 0.317 e. The molecule has 2 saturated heterocycles. The quantitative estimate of drug-likeness (QED) is 0.792. The lowest BCUT2D eigenvalue weighted by atomic mass is 10.1. The summed E-state index contributed by atoms with van der Waals surface area (Å²) in [7, 11) is 0. The Morgan fingerprint density at radius 3 is 3.11 bits per heavy atom. The number of nitrogens with zero attached hydrogens (tertiary/aromatic N) is 2. The first kappa shape index (κ1) is 11.3. The van der Waals surface area contributed by atoms with Crippen molar-refractivity contribution in [1.82, 2.24) is 10.2 Å². The maximum absolute atomic E-state index is 11.5. The van der Waals surface area contributed by atoms with Crippen molar-refractivity contribution >= 4 is 11.7 Å². The van der Waals surface area contributed by atoms with Gasteiger partial charge in [-0.15, -0.1) is 0 Å². The van der Waals surface area contributed by atoms with Crippen LogP contribution >= 0.6 is 0 Å². The third-order valence-electron chi connectivity index (χ3n) is 3.74. The summed E-state index contributed by atoms with van der Waals surface area (Å²) in [6.07, 6.45) is 0. The van der Waals surface area contributed by atoms with E-state index in [1.54, 1.807) is 0 Å². The summed E-state index contributed by atoms with van der Waals surface area (Å²) < 4.78 is 0. The van der Waals surface area contributed by atoms with Crippen LogP contribution in [0, 0.1) is 0 Å². The van der Waals surface area contributed by atoms with E-state index in [0.717, 1.165) is 31.7 Å². The lowest BCUT2D eigenvalue weighted by Gasteiger charge is -2.37. The molecule has 3 rings (SSSR count). The van der Waals surface area contributed by atoms with Crippen molar-refractivity contribution in [3.05, 3.63) is 29.8 Å². The van der Waals surface area contributed by atoms with Gasteiger partial charge in [-0.25, -0.2) is 4.79 Å². The Morgan fingerprint density at radius 2 is 2.28 bits per heavy atom. The Bertz CT molecular complexity index is 462. The van der Waals surface area contributed by atoms with Crippen LogP contribution in [0.4, 0.5) is 10.5 Å². The molecular formula is C13H18N4O. The van der Waals surface area contributed by atoms with Gasteiger partial charge in [-0.3, -0.25) is 0 Å². The van der Waals surface area contributed by atoms with Gasteiger partial charge in [0, 0.05) is 38.4 Å². The number of anilines is 1. The number of hydrogen-bond donors (Lipinski definition) is 2. The molecule has 18 heavy (non-hydrogen) atoms. The highest BCUT2D eigenvalue weighted by Gasteiger charge is 2.35. The molecule has 3 N–H and O–H groups in total. The van der Waals surface area contributed by atoms with E-state index in [-0.39, 0.29) is 6.03 Å². The summed E-state index contributed by atoms with van der Waals surface area (Å²) in [5, 5.41) is 2.90. The molecule has 1 unspecified atom stereocenters. The third-order valence-corrected chi connectivity index (χ3v) is 3.74. The molecule has 2 aliphatic heterocycles. The molecule has 0 aromatic heterocycles. The van der Waals surface area contributed by atoms with Crippen molar-refractivity contribution < 1.29 is 4.79 Å². The summed E-state index contributed by atoms with van der Waals surface area (Å²) in [5.41, 5.74) is 8.02. The normalized spacial score (nSPS) is 22.9. The van der Waals surface area contributed by atoms with Crippen LogP contribution in [-0.2, 0) is 6.54 Å². The zero-order valence-corrected chi connectivity index (χ0v) is 10.3. The molecular weight excluding hydrogens is 228 g/mol. The number of benzene rings is 1. The molecule has 0 saturated carbocycles. The zero-order chi connectivity index (χ0) is 12.5. The number of fused-ring (bicyclic) bond motifs is 1. The predicted molar refractivity (Wildman–Crippen MR) is 70.4 cm³/mol. The van der Waals surface area contributed by atoms with Gasteiger partial charge < -0.3 is 20.9 Å². The molecule has 1 atom stereocenters. The number of nitrogens with one attached hydrogen (secondary N) is 1. The number of carbonyl (C=O) groups excluding carboxylic acids is 1. The SMILES string of the molecule is NCc1cccc(N2CCN3C(=O)NCC3C2)c1. The van der Waals surface area contributed by atoms with Gasteiger partial charge in [0.1, 0.15) is 0 Å². The highest BCUT2D eigenvalue weighted by atomic mass is 16.2. The van der Waals surface area contributed by atoms with E-state index in [1.807, 2.05) is 17.0 Å². The van der Waals surface area contributed by atoms with Crippen LogP contribution in [0.3, 0.4) is 0 Å². The van der Waals surface area contributed by atoms with Gasteiger partial charge in [-0.05, 0) is 17.7 Å². The van der Waals surface area contributed by atoms with Crippen molar-refractivity contribution in [2.75, 3.05) is 31.1 Å². The van der Waals surface area contributed by atoms with Crippen LogP contribution < -0.4 is 16.0 Å².